The van der Waals surface area contributed by atoms with E-state index in [1.807, 2.05) is 6.07 Å². The van der Waals surface area contributed by atoms with Gasteiger partial charge in [0.25, 0.3) is 0 Å². The van der Waals surface area contributed by atoms with Crippen molar-refractivity contribution in [2.45, 2.75) is 26.3 Å². The van der Waals surface area contributed by atoms with Crippen LogP contribution in [0.15, 0.2) is 42.5 Å². The normalized spacial score (nSPS) is 11.5. The highest BCUT2D eigenvalue weighted by molar-refractivity contribution is 5.88. The maximum atomic E-state index is 13.1. The molecule has 22 heavy (non-hydrogen) atoms. The van der Waals surface area contributed by atoms with Gasteiger partial charge < -0.3 is 5.32 Å². The molecule has 1 unspecified atom stereocenters. The fourth-order valence-corrected chi connectivity index (χ4v) is 2.15. The molecule has 1 atom stereocenters. The number of carbonyl (C=O) groups is 1. The van der Waals surface area contributed by atoms with Crippen molar-refractivity contribution in [3.8, 4) is 6.07 Å². The highest BCUT2D eigenvalue weighted by Crippen LogP contribution is 2.17. The van der Waals surface area contributed by atoms with E-state index in [0.29, 0.717) is 12.0 Å². The molecular weight excluding hydrogens is 279 g/mol. The number of hydrogen-bond donors (Lipinski definition) is 1. The van der Waals surface area contributed by atoms with Crippen molar-refractivity contribution in [3.05, 3.63) is 65.0 Å². The lowest BCUT2D eigenvalue weighted by Crippen LogP contribution is -2.28. The highest BCUT2D eigenvalue weighted by Gasteiger charge is 2.14. The van der Waals surface area contributed by atoms with Crippen LogP contribution in [0, 0.1) is 24.1 Å². The number of hydrogen-bond acceptors (Lipinski definition) is 3. The van der Waals surface area contributed by atoms with Crippen LogP contribution in [0.4, 0.5) is 10.1 Å². The summed E-state index contributed by atoms with van der Waals surface area (Å²) in [6.07, 6.45) is 0.292. The van der Waals surface area contributed by atoms with Gasteiger partial charge in [-0.15, -0.1) is 0 Å². The van der Waals surface area contributed by atoms with E-state index in [1.165, 1.54) is 12.1 Å². The van der Waals surface area contributed by atoms with Crippen LogP contribution in [0.2, 0.25) is 0 Å². The zero-order chi connectivity index (χ0) is 16.1. The summed E-state index contributed by atoms with van der Waals surface area (Å²) in [6, 6.07) is 13.1. The van der Waals surface area contributed by atoms with Crippen LogP contribution in [0.1, 0.15) is 23.6 Å². The number of anilines is 1. The van der Waals surface area contributed by atoms with E-state index in [9.17, 15) is 9.18 Å². The molecule has 0 aliphatic rings. The fourth-order valence-electron chi connectivity index (χ4n) is 2.15. The van der Waals surface area contributed by atoms with E-state index in [0.717, 1.165) is 16.8 Å². The third kappa shape index (κ3) is 3.92. The Morgan fingerprint density at radius 3 is 2.55 bits per heavy atom. The summed E-state index contributed by atoms with van der Waals surface area (Å²) in [5, 5.41) is 11.9. The zero-order valence-corrected chi connectivity index (χ0v) is 12.6. The molecule has 1 N–H and O–H groups in total. The van der Waals surface area contributed by atoms with Gasteiger partial charge in [-0.05, 0) is 55.3 Å². The van der Waals surface area contributed by atoms with Crippen molar-refractivity contribution in [3.63, 3.8) is 0 Å². The second-order valence-corrected chi connectivity index (χ2v) is 5.28. The Labute approximate surface area is 129 Å². The number of nitrogens with one attached hydrogen (secondary N) is 1. The summed E-state index contributed by atoms with van der Waals surface area (Å²) in [4.78, 5) is 12.2. The number of benzene rings is 2. The first-order valence-corrected chi connectivity index (χ1v) is 7.04. The van der Waals surface area contributed by atoms with Crippen LogP contribution in [0.25, 0.3) is 0 Å². The van der Waals surface area contributed by atoms with Gasteiger partial charge in [-0.3, -0.25) is 4.79 Å². The summed E-state index contributed by atoms with van der Waals surface area (Å²) in [5.41, 5.74) is 2.96. The summed E-state index contributed by atoms with van der Waals surface area (Å²) in [5.74, 6) is -0.256. The fraction of sp³-hybridized carbons (Fsp3) is 0.222. The van der Waals surface area contributed by atoms with Gasteiger partial charge in [-0.25, -0.2) is 4.39 Å². The zero-order valence-electron chi connectivity index (χ0n) is 12.6. The molecule has 2 aromatic carbocycles. The molecule has 2 aromatic rings. The van der Waals surface area contributed by atoms with Crippen LogP contribution in [0.3, 0.4) is 0 Å². The van der Waals surface area contributed by atoms with Crippen LogP contribution in [-0.4, -0.2) is 11.8 Å². The van der Waals surface area contributed by atoms with E-state index < -0.39 is 0 Å². The summed E-state index contributed by atoms with van der Waals surface area (Å²) >= 11 is 0. The van der Waals surface area contributed by atoms with Crippen LogP contribution < -0.4 is 5.32 Å². The van der Waals surface area contributed by atoms with Crippen molar-refractivity contribution in [1.82, 2.24) is 0 Å². The van der Waals surface area contributed by atoms with E-state index in [1.54, 1.807) is 44.2 Å². The molecule has 0 heterocycles. The minimum atomic E-state index is -0.375. The van der Waals surface area contributed by atoms with Crippen molar-refractivity contribution in [1.29, 1.82) is 5.26 Å². The Hall–Kier alpha value is -2.67. The Morgan fingerprint density at radius 1 is 1.27 bits per heavy atom. The van der Waals surface area contributed by atoms with Crippen molar-refractivity contribution < 1.29 is 9.18 Å². The molecule has 0 fully saturated rings. The maximum absolute atomic E-state index is 13.1. The molecule has 0 amide bonds. The van der Waals surface area contributed by atoms with Gasteiger partial charge in [-0.1, -0.05) is 12.1 Å². The Bertz CT molecular complexity index is 717. The molecule has 0 bridgehead atoms. The lowest BCUT2D eigenvalue weighted by Gasteiger charge is -2.16. The molecule has 0 aliphatic heterocycles. The number of aryl methyl sites for hydroxylation is 1. The SMILES string of the molecule is Cc1cc(F)ccc1NC(C)C(=O)Cc1ccc(C#N)cc1. The lowest BCUT2D eigenvalue weighted by molar-refractivity contribution is -0.118. The van der Waals surface area contributed by atoms with E-state index in [4.69, 9.17) is 5.26 Å². The second kappa shape index (κ2) is 6.86. The number of rotatable bonds is 5. The average molecular weight is 296 g/mol. The lowest BCUT2D eigenvalue weighted by atomic mass is 10.0. The summed E-state index contributed by atoms with van der Waals surface area (Å²) in [6.45, 7) is 3.58. The Morgan fingerprint density at radius 2 is 1.95 bits per heavy atom. The van der Waals surface area contributed by atoms with Gasteiger partial charge in [0.2, 0.25) is 0 Å². The van der Waals surface area contributed by atoms with Gasteiger partial charge in [0.1, 0.15) is 5.82 Å². The third-order valence-corrected chi connectivity index (χ3v) is 3.50. The van der Waals surface area contributed by atoms with Crippen molar-refractivity contribution >= 4 is 11.5 Å². The number of nitrogens with zero attached hydrogens (tertiary/aromatic N) is 1. The molecule has 3 nitrogen and oxygen atoms in total. The van der Waals surface area contributed by atoms with Gasteiger partial charge in [-0.2, -0.15) is 5.26 Å². The predicted molar refractivity (Wildman–Crippen MR) is 84.1 cm³/mol. The molecule has 4 heteroatoms. The Kier molecular flexibility index (Phi) is 4.90. The smallest absolute Gasteiger partial charge is 0.159 e. The number of halogens is 1. The minimum absolute atomic E-state index is 0.0356. The van der Waals surface area contributed by atoms with E-state index >= 15 is 0 Å². The van der Waals surface area contributed by atoms with Gasteiger partial charge in [0.15, 0.2) is 5.78 Å². The quantitative estimate of drug-likeness (QED) is 0.917. The third-order valence-electron chi connectivity index (χ3n) is 3.50. The molecule has 0 saturated carbocycles. The monoisotopic (exact) mass is 296 g/mol. The van der Waals surface area contributed by atoms with E-state index in [-0.39, 0.29) is 17.6 Å². The number of ketones is 1. The van der Waals surface area contributed by atoms with Crippen LogP contribution >= 0.6 is 0 Å². The molecule has 0 saturated heterocycles. The predicted octanol–water partition coefficient (Wildman–Crippen LogP) is 3.62. The molecule has 0 aromatic heterocycles. The molecule has 0 aliphatic carbocycles. The number of nitriles is 1. The first-order chi connectivity index (χ1) is 10.5. The molecule has 0 radical (unpaired) electrons. The topological polar surface area (TPSA) is 52.9 Å². The van der Waals surface area contributed by atoms with Gasteiger partial charge >= 0.3 is 0 Å². The largest absolute Gasteiger partial charge is 0.375 e. The average Bonchev–Trinajstić information content (AvgIpc) is 2.50. The number of Topliss-reactive ketones (excluding diaryl/α,β-unsaturated/α-hetero) is 1. The van der Waals surface area contributed by atoms with Crippen molar-refractivity contribution in [2.75, 3.05) is 5.32 Å². The Balaban J connectivity index is 2.01. The second-order valence-electron chi connectivity index (χ2n) is 5.28. The molecule has 2 rings (SSSR count). The standard InChI is InChI=1S/C18H17FN2O/c1-12-9-16(19)7-8-17(12)21-13(2)18(22)10-14-3-5-15(11-20)6-4-14/h3-9,13,21H,10H2,1-2H3. The summed E-state index contributed by atoms with van der Waals surface area (Å²) in [7, 11) is 0. The van der Waals surface area contributed by atoms with Crippen LogP contribution in [0.5, 0.6) is 0 Å². The maximum Gasteiger partial charge on any atom is 0.159 e. The van der Waals surface area contributed by atoms with Gasteiger partial charge in [0, 0.05) is 12.1 Å². The van der Waals surface area contributed by atoms with Crippen molar-refractivity contribution in [2.24, 2.45) is 0 Å². The highest BCUT2D eigenvalue weighted by atomic mass is 19.1. The van der Waals surface area contributed by atoms with Crippen LogP contribution in [-0.2, 0) is 11.2 Å². The van der Waals surface area contributed by atoms with Gasteiger partial charge in [0.05, 0.1) is 17.7 Å². The minimum Gasteiger partial charge on any atom is -0.375 e. The van der Waals surface area contributed by atoms with E-state index in [2.05, 4.69) is 5.32 Å². The molecular formula is C18H17FN2O. The summed E-state index contributed by atoms with van der Waals surface area (Å²) < 4.78 is 13.1. The molecule has 112 valence electrons. The first kappa shape index (κ1) is 15.7. The number of carbonyl (C=O) groups excluding carboxylic acids is 1. The first-order valence-electron chi connectivity index (χ1n) is 7.04. The molecule has 0 spiro atoms.